The van der Waals surface area contributed by atoms with Crippen molar-refractivity contribution in [2.75, 3.05) is 0 Å². The Kier molecular flexibility index (Phi) is 5.92. The van der Waals surface area contributed by atoms with Crippen LogP contribution in [0.25, 0.3) is 16.6 Å². The van der Waals surface area contributed by atoms with E-state index in [-0.39, 0.29) is 5.56 Å². The van der Waals surface area contributed by atoms with Gasteiger partial charge in [0.2, 0.25) is 11.8 Å². The molecule has 0 saturated carbocycles. The molecule has 154 valence electrons. The predicted molar refractivity (Wildman–Crippen MR) is 120 cm³/mol. The highest BCUT2D eigenvalue weighted by Crippen LogP contribution is 2.26. The van der Waals surface area contributed by atoms with Crippen molar-refractivity contribution in [1.82, 2.24) is 19.7 Å². The summed E-state index contributed by atoms with van der Waals surface area (Å²) < 4.78 is 7.09. The lowest BCUT2D eigenvalue weighted by atomic mass is 9.98. The van der Waals surface area contributed by atoms with Gasteiger partial charge in [-0.3, -0.25) is 9.36 Å². The summed E-state index contributed by atoms with van der Waals surface area (Å²) >= 11 is 7.50. The molecule has 0 N–H and O–H groups in total. The normalized spacial score (nSPS) is 12.4. The minimum absolute atomic E-state index is 0.142. The molecule has 1 unspecified atom stereocenters. The van der Waals surface area contributed by atoms with Gasteiger partial charge in [-0.15, -0.1) is 10.2 Å². The second-order valence-electron chi connectivity index (χ2n) is 7.10. The van der Waals surface area contributed by atoms with Crippen molar-refractivity contribution in [3.05, 3.63) is 75.2 Å². The largest absolute Gasteiger partial charge is 0.425 e. The van der Waals surface area contributed by atoms with Gasteiger partial charge in [-0.1, -0.05) is 49.3 Å². The molecule has 4 aromatic rings. The van der Waals surface area contributed by atoms with Crippen molar-refractivity contribution in [1.29, 1.82) is 0 Å². The molecule has 6 nitrogen and oxygen atoms in total. The number of nitrogens with zero attached hydrogens (tertiary/aromatic N) is 4. The molecule has 0 aliphatic carbocycles. The summed E-state index contributed by atoms with van der Waals surface area (Å²) in [6.45, 7) is 6.10. The number of aromatic nitrogens is 4. The van der Waals surface area contributed by atoms with Gasteiger partial charge in [0.25, 0.3) is 5.56 Å². The van der Waals surface area contributed by atoms with E-state index in [4.69, 9.17) is 21.0 Å². The lowest BCUT2D eigenvalue weighted by Gasteiger charge is -2.14. The van der Waals surface area contributed by atoms with Crippen LogP contribution in [0, 0.1) is 6.92 Å². The van der Waals surface area contributed by atoms with Gasteiger partial charge in [0.15, 0.2) is 5.16 Å². The van der Waals surface area contributed by atoms with E-state index in [9.17, 15) is 4.79 Å². The summed E-state index contributed by atoms with van der Waals surface area (Å²) in [6.07, 6.45) is 1.06. The summed E-state index contributed by atoms with van der Waals surface area (Å²) in [5.41, 5.74) is 2.42. The van der Waals surface area contributed by atoms with Gasteiger partial charge in [0.1, 0.15) is 0 Å². The Bertz CT molecular complexity index is 1250. The number of fused-ring (bicyclic) bond motifs is 1. The van der Waals surface area contributed by atoms with Crippen LogP contribution in [0.15, 0.2) is 56.8 Å². The van der Waals surface area contributed by atoms with Gasteiger partial charge in [-0.25, -0.2) is 4.98 Å². The van der Waals surface area contributed by atoms with Crippen LogP contribution in [0.1, 0.15) is 43.5 Å². The van der Waals surface area contributed by atoms with Crippen LogP contribution in [0.4, 0.5) is 0 Å². The number of benzene rings is 2. The molecule has 0 aliphatic rings. The molecule has 0 bridgehead atoms. The van der Waals surface area contributed by atoms with Crippen LogP contribution >= 0.6 is 23.4 Å². The average molecular weight is 441 g/mol. The van der Waals surface area contributed by atoms with Gasteiger partial charge in [0.05, 0.1) is 22.3 Å². The second-order valence-corrected chi connectivity index (χ2v) is 8.48. The Morgan fingerprint density at radius 1 is 1.17 bits per heavy atom. The summed E-state index contributed by atoms with van der Waals surface area (Å²) in [7, 11) is 0. The van der Waals surface area contributed by atoms with Crippen molar-refractivity contribution < 1.29 is 4.42 Å². The van der Waals surface area contributed by atoms with Crippen molar-refractivity contribution in [3.63, 3.8) is 0 Å². The molecule has 0 radical (unpaired) electrons. The molecular formula is C22H21ClN4O2S. The second kappa shape index (κ2) is 8.62. The molecule has 30 heavy (non-hydrogen) atoms. The molecule has 0 saturated heterocycles. The van der Waals surface area contributed by atoms with Gasteiger partial charge in [0, 0.05) is 11.9 Å². The minimum Gasteiger partial charge on any atom is -0.425 e. The van der Waals surface area contributed by atoms with Crippen LogP contribution < -0.4 is 5.56 Å². The molecule has 2 heterocycles. The third-order valence-corrected chi connectivity index (χ3v) is 6.18. The van der Waals surface area contributed by atoms with Gasteiger partial charge < -0.3 is 4.42 Å². The van der Waals surface area contributed by atoms with E-state index in [0.29, 0.717) is 44.5 Å². The maximum atomic E-state index is 13.4. The highest BCUT2D eigenvalue weighted by atomic mass is 35.5. The number of halogens is 1. The molecule has 2 aromatic carbocycles. The zero-order valence-electron chi connectivity index (χ0n) is 16.9. The van der Waals surface area contributed by atoms with Crippen LogP contribution in [-0.4, -0.2) is 19.7 Å². The van der Waals surface area contributed by atoms with E-state index in [1.807, 2.05) is 12.1 Å². The van der Waals surface area contributed by atoms with Crippen molar-refractivity contribution >= 4 is 34.3 Å². The number of hydrogen-bond donors (Lipinski definition) is 0. The van der Waals surface area contributed by atoms with Crippen molar-refractivity contribution in [3.8, 4) is 5.69 Å². The SMILES string of the molecule is CCC(C)c1ccc(-n2c(SCc3nnc(C)o3)nc3cc(Cl)ccc3c2=O)cc1. The standard InChI is InChI=1S/C22H21ClN4O2S/c1-4-13(2)15-5-8-17(9-6-15)27-21(28)18-10-7-16(23)11-19(18)24-22(27)30-12-20-26-25-14(3)29-20/h5-11,13H,4,12H2,1-3H3. The third kappa shape index (κ3) is 4.13. The van der Waals surface area contributed by atoms with Crippen LogP contribution in [-0.2, 0) is 5.75 Å². The molecule has 4 rings (SSSR count). The summed E-state index contributed by atoms with van der Waals surface area (Å²) in [5, 5.41) is 9.48. The fourth-order valence-corrected chi connectivity index (χ4v) is 4.19. The van der Waals surface area contributed by atoms with Crippen LogP contribution in [0.5, 0.6) is 0 Å². The Labute approximate surface area is 183 Å². The summed E-state index contributed by atoms with van der Waals surface area (Å²) in [6, 6.07) is 13.2. The predicted octanol–water partition coefficient (Wildman–Crippen LogP) is 5.54. The first-order valence-electron chi connectivity index (χ1n) is 9.70. The zero-order valence-corrected chi connectivity index (χ0v) is 18.5. The van der Waals surface area contributed by atoms with E-state index in [0.717, 1.165) is 12.1 Å². The molecule has 1 atom stereocenters. The Hall–Kier alpha value is -2.64. The van der Waals surface area contributed by atoms with Crippen molar-refractivity contribution in [2.24, 2.45) is 0 Å². The fraction of sp³-hybridized carbons (Fsp3) is 0.273. The Balaban J connectivity index is 1.82. The van der Waals surface area contributed by atoms with Crippen LogP contribution in [0.3, 0.4) is 0 Å². The number of hydrogen-bond acceptors (Lipinski definition) is 6. The minimum atomic E-state index is -0.142. The third-order valence-electron chi connectivity index (χ3n) is 5.03. The van der Waals surface area contributed by atoms with E-state index < -0.39 is 0 Å². The molecule has 8 heteroatoms. The van der Waals surface area contributed by atoms with Gasteiger partial charge >= 0.3 is 0 Å². The lowest BCUT2D eigenvalue weighted by molar-refractivity contribution is 0.485. The van der Waals surface area contributed by atoms with E-state index in [2.05, 4.69) is 36.2 Å². The Morgan fingerprint density at radius 3 is 2.60 bits per heavy atom. The van der Waals surface area contributed by atoms with Gasteiger partial charge in [-0.2, -0.15) is 0 Å². The van der Waals surface area contributed by atoms with E-state index >= 15 is 0 Å². The summed E-state index contributed by atoms with van der Waals surface area (Å²) in [5.74, 6) is 1.85. The first-order chi connectivity index (χ1) is 14.5. The molecule has 0 aliphatic heterocycles. The molecule has 0 spiro atoms. The lowest BCUT2D eigenvalue weighted by Crippen LogP contribution is -2.21. The monoisotopic (exact) mass is 440 g/mol. The maximum absolute atomic E-state index is 13.4. The maximum Gasteiger partial charge on any atom is 0.266 e. The smallest absolute Gasteiger partial charge is 0.266 e. The van der Waals surface area contributed by atoms with E-state index in [1.165, 1.54) is 17.3 Å². The molecule has 0 amide bonds. The Morgan fingerprint density at radius 2 is 1.93 bits per heavy atom. The fourth-order valence-electron chi connectivity index (χ4n) is 3.17. The number of rotatable bonds is 6. The molecule has 2 aromatic heterocycles. The van der Waals surface area contributed by atoms with Crippen molar-refractivity contribution in [2.45, 2.75) is 44.0 Å². The first kappa shape index (κ1) is 20.6. The van der Waals surface area contributed by atoms with Crippen LogP contribution in [0.2, 0.25) is 5.02 Å². The van der Waals surface area contributed by atoms with Gasteiger partial charge in [-0.05, 0) is 48.2 Å². The highest BCUT2D eigenvalue weighted by molar-refractivity contribution is 7.98. The van der Waals surface area contributed by atoms with E-state index in [1.54, 1.807) is 29.7 Å². The topological polar surface area (TPSA) is 73.8 Å². The summed E-state index contributed by atoms with van der Waals surface area (Å²) in [4.78, 5) is 18.1. The first-order valence-corrected chi connectivity index (χ1v) is 11.1. The molecule has 0 fully saturated rings. The zero-order chi connectivity index (χ0) is 21.3. The average Bonchev–Trinajstić information content (AvgIpc) is 3.17. The molecular weight excluding hydrogens is 420 g/mol. The quantitative estimate of drug-likeness (QED) is 0.289. The highest BCUT2D eigenvalue weighted by Gasteiger charge is 2.16. The number of thioether (sulfide) groups is 1. The number of aryl methyl sites for hydroxylation is 1.